The van der Waals surface area contributed by atoms with Crippen molar-refractivity contribution in [3.8, 4) is 10.6 Å². The van der Waals surface area contributed by atoms with Crippen molar-refractivity contribution in [1.29, 1.82) is 0 Å². The molecule has 0 aliphatic carbocycles. The average molecular weight is 333 g/mol. The third-order valence-corrected chi connectivity index (χ3v) is 5.30. The maximum absolute atomic E-state index is 11.8. The van der Waals surface area contributed by atoms with Gasteiger partial charge >= 0.3 is 5.97 Å². The molecule has 118 valence electrons. The molecule has 4 heteroatoms. The SMILES string of the molecule is Cc1cc(C)c2c(C(=O)O)cc(-c3cc4ccccc4s3)nc2c1. The zero-order valence-electron chi connectivity index (χ0n) is 13.3. The molecule has 3 nitrogen and oxygen atoms in total. The molecule has 0 spiro atoms. The number of hydrogen-bond donors (Lipinski definition) is 1. The van der Waals surface area contributed by atoms with E-state index in [1.165, 1.54) is 4.70 Å². The number of aromatic carboxylic acids is 1. The van der Waals surface area contributed by atoms with Crippen molar-refractivity contribution in [2.24, 2.45) is 0 Å². The fourth-order valence-corrected chi connectivity index (χ4v) is 4.18. The third kappa shape index (κ3) is 2.36. The molecule has 0 atom stereocenters. The van der Waals surface area contributed by atoms with Gasteiger partial charge in [0.25, 0.3) is 0 Å². The zero-order chi connectivity index (χ0) is 16.8. The second-order valence-electron chi connectivity index (χ2n) is 5.98. The van der Waals surface area contributed by atoms with Crippen LogP contribution in [0.2, 0.25) is 0 Å². The highest BCUT2D eigenvalue weighted by molar-refractivity contribution is 7.22. The van der Waals surface area contributed by atoms with E-state index >= 15 is 0 Å². The third-order valence-electron chi connectivity index (χ3n) is 4.16. The summed E-state index contributed by atoms with van der Waals surface area (Å²) in [5, 5.41) is 11.5. The minimum absolute atomic E-state index is 0.310. The van der Waals surface area contributed by atoms with E-state index in [2.05, 4.69) is 18.2 Å². The predicted octanol–water partition coefficient (Wildman–Crippen LogP) is 5.43. The molecule has 4 aromatic rings. The number of rotatable bonds is 2. The van der Waals surface area contributed by atoms with Crippen LogP contribution in [0, 0.1) is 13.8 Å². The van der Waals surface area contributed by atoms with Gasteiger partial charge in [-0.15, -0.1) is 11.3 Å². The molecule has 0 amide bonds. The van der Waals surface area contributed by atoms with Crippen LogP contribution in [-0.4, -0.2) is 16.1 Å². The number of carboxylic acid groups (broad SMARTS) is 1. The Bertz CT molecular complexity index is 1080. The summed E-state index contributed by atoms with van der Waals surface area (Å²) in [4.78, 5) is 17.5. The van der Waals surface area contributed by atoms with Crippen molar-refractivity contribution in [2.45, 2.75) is 13.8 Å². The molecular weight excluding hydrogens is 318 g/mol. The molecule has 0 fully saturated rings. The normalized spacial score (nSPS) is 11.2. The van der Waals surface area contributed by atoms with E-state index in [9.17, 15) is 9.90 Å². The summed E-state index contributed by atoms with van der Waals surface area (Å²) in [6, 6.07) is 15.8. The van der Waals surface area contributed by atoms with Crippen LogP contribution >= 0.6 is 11.3 Å². The quantitative estimate of drug-likeness (QED) is 0.532. The molecule has 0 bridgehead atoms. The maximum atomic E-state index is 11.8. The summed E-state index contributed by atoms with van der Waals surface area (Å²) < 4.78 is 1.17. The van der Waals surface area contributed by atoms with E-state index in [4.69, 9.17) is 4.98 Å². The molecule has 4 rings (SSSR count). The average Bonchev–Trinajstić information content (AvgIpc) is 2.97. The van der Waals surface area contributed by atoms with Crippen LogP contribution in [0.5, 0.6) is 0 Å². The van der Waals surface area contributed by atoms with Crippen LogP contribution in [0.3, 0.4) is 0 Å². The van der Waals surface area contributed by atoms with Gasteiger partial charge in [-0.2, -0.15) is 0 Å². The van der Waals surface area contributed by atoms with E-state index in [0.717, 1.165) is 32.3 Å². The predicted molar refractivity (Wildman–Crippen MR) is 99.0 cm³/mol. The molecule has 1 N–H and O–H groups in total. The second-order valence-corrected chi connectivity index (χ2v) is 7.07. The van der Waals surface area contributed by atoms with Crippen molar-refractivity contribution in [3.63, 3.8) is 0 Å². The minimum Gasteiger partial charge on any atom is -0.478 e. The van der Waals surface area contributed by atoms with Crippen LogP contribution in [0.4, 0.5) is 0 Å². The monoisotopic (exact) mass is 333 g/mol. The summed E-state index contributed by atoms with van der Waals surface area (Å²) in [5.74, 6) is -0.920. The van der Waals surface area contributed by atoms with Crippen LogP contribution in [0.1, 0.15) is 21.5 Å². The highest BCUT2D eigenvalue weighted by Gasteiger charge is 2.16. The molecular formula is C20H15NO2S. The van der Waals surface area contributed by atoms with Gasteiger partial charge in [-0.1, -0.05) is 24.3 Å². The number of aryl methyl sites for hydroxylation is 2. The van der Waals surface area contributed by atoms with Gasteiger partial charge < -0.3 is 5.11 Å². The highest BCUT2D eigenvalue weighted by Crippen LogP contribution is 2.35. The minimum atomic E-state index is -0.920. The van der Waals surface area contributed by atoms with Crippen LogP contribution in [0.15, 0.2) is 48.5 Å². The lowest BCUT2D eigenvalue weighted by atomic mass is 10.0. The first-order valence-electron chi connectivity index (χ1n) is 7.67. The largest absolute Gasteiger partial charge is 0.478 e. The number of pyridine rings is 1. The Morgan fingerprint density at radius 2 is 1.88 bits per heavy atom. The first-order valence-corrected chi connectivity index (χ1v) is 8.49. The van der Waals surface area contributed by atoms with Gasteiger partial charge in [-0.05, 0) is 54.6 Å². The molecule has 2 aromatic heterocycles. The molecule has 0 saturated heterocycles. The number of thiophene rings is 1. The second kappa shape index (κ2) is 5.42. The first-order chi connectivity index (χ1) is 11.5. The number of nitrogens with zero attached hydrogens (tertiary/aromatic N) is 1. The Kier molecular flexibility index (Phi) is 3.36. The first kappa shape index (κ1) is 14.8. The Labute approximate surface area is 143 Å². The Morgan fingerprint density at radius 3 is 2.62 bits per heavy atom. The lowest BCUT2D eigenvalue weighted by molar-refractivity contribution is 0.0699. The van der Waals surface area contributed by atoms with Crippen molar-refractivity contribution in [3.05, 3.63) is 65.2 Å². The van der Waals surface area contributed by atoms with E-state index in [1.807, 2.05) is 38.1 Å². The van der Waals surface area contributed by atoms with Crippen LogP contribution in [0.25, 0.3) is 31.6 Å². The molecule has 2 heterocycles. The van der Waals surface area contributed by atoms with Gasteiger partial charge in [0.05, 0.1) is 21.7 Å². The lowest BCUT2D eigenvalue weighted by Crippen LogP contribution is -2.01. The number of aromatic nitrogens is 1. The summed E-state index contributed by atoms with van der Waals surface area (Å²) in [7, 11) is 0. The number of hydrogen-bond acceptors (Lipinski definition) is 3. The van der Waals surface area contributed by atoms with Gasteiger partial charge in [0.2, 0.25) is 0 Å². The van der Waals surface area contributed by atoms with Crippen LogP contribution < -0.4 is 0 Å². The topological polar surface area (TPSA) is 50.2 Å². The highest BCUT2D eigenvalue weighted by atomic mass is 32.1. The van der Waals surface area contributed by atoms with Crippen LogP contribution in [-0.2, 0) is 0 Å². The molecule has 0 saturated carbocycles. The summed E-state index contributed by atoms with van der Waals surface area (Å²) in [6.07, 6.45) is 0. The van der Waals surface area contributed by atoms with Gasteiger partial charge in [0.15, 0.2) is 0 Å². The lowest BCUT2D eigenvalue weighted by Gasteiger charge is -2.09. The molecule has 24 heavy (non-hydrogen) atoms. The summed E-state index contributed by atoms with van der Waals surface area (Å²) >= 11 is 1.63. The Balaban J connectivity index is 2.04. The number of fused-ring (bicyclic) bond motifs is 2. The molecule has 0 aliphatic heterocycles. The zero-order valence-corrected chi connectivity index (χ0v) is 14.1. The molecule has 0 radical (unpaired) electrons. The Morgan fingerprint density at radius 1 is 1.08 bits per heavy atom. The Hall–Kier alpha value is -2.72. The standard InChI is InChI=1S/C20H15NO2S/c1-11-7-12(2)19-14(20(22)23)10-15(21-16(19)8-11)18-9-13-5-3-4-6-17(13)24-18/h3-10H,1-2H3,(H,22,23). The molecule has 2 aromatic carbocycles. The molecule has 0 aliphatic rings. The smallest absolute Gasteiger partial charge is 0.336 e. The van der Waals surface area contributed by atoms with E-state index < -0.39 is 5.97 Å². The summed E-state index contributed by atoms with van der Waals surface area (Å²) in [6.45, 7) is 3.93. The van der Waals surface area contributed by atoms with E-state index in [0.29, 0.717) is 11.3 Å². The van der Waals surface area contributed by atoms with Crippen molar-refractivity contribution in [1.82, 2.24) is 4.98 Å². The number of carboxylic acids is 1. The van der Waals surface area contributed by atoms with Gasteiger partial charge in [0, 0.05) is 10.1 Å². The fourth-order valence-electron chi connectivity index (χ4n) is 3.16. The van der Waals surface area contributed by atoms with Gasteiger partial charge in [-0.3, -0.25) is 0 Å². The van der Waals surface area contributed by atoms with E-state index in [-0.39, 0.29) is 0 Å². The maximum Gasteiger partial charge on any atom is 0.336 e. The van der Waals surface area contributed by atoms with Crippen molar-refractivity contribution >= 4 is 38.3 Å². The number of benzene rings is 2. The molecule has 0 unspecified atom stereocenters. The fraction of sp³-hybridized carbons (Fsp3) is 0.100. The van der Waals surface area contributed by atoms with Gasteiger partial charge in [-0.25, -0.2) is 9.78 Å². The van der Waals surface area contributed by atoms with E-state index in [1.54, 1.807) is 17.4 Å². The van der Waals surface area contributed by atoms with Crippen molar-refractivity contribution < 1.29 is 9.90 Å². The van der Waals surface area contributed by atoms with Gasteiger partial charge in [0.1, 0.15) is 0 Å². The summed E-state index contributed by atoms with van der Waals surface area (Å²) in [5.41, 5.74) is 3.78. The number of carbonyl (C=O) groups is 1. The van der Waals surface area contributed by atoms with Crippen molar-refractivity contribution in [2.75, 3.05) is 0 Å².